The summed E-state index contributed by atoms with van der Waals surface area (Å²) >= 11 is 0. The summed E-state index contributed by atoms with van der Waals surface area (Å²) in [6.07, 6.45) is 0.250. The van der Waals surface area contributed by atoms with E-state index in [1.807, 2.05) is 0 Å². The van der Waals surface area contributed by atoms with Crippen LogP contribution in [0.1, 0.15) is 18.9 Å². The molecule has 5 heteroatoms. The molecule has 1 atom stereocenters. The standard InChI is InChI=1S/C11H17NO4/c1-7(13)4-5-12-6-8-2-3-9(14)11(16)10(8)15/h2-3,7,12-16H,4-6H2,1H3. The highest BCUT2D eigenvalue weighted by Crippen LogP contribution is 2.36. The third-order valence-electron chi connectivity index (χ3n) is 2.27. The van der Waals surface area contributed by atoms with E-state index in [1.54, 1.807) is 6.92 Å². The Labute approximate surface area is 94.0 Å². The maximum Gasteiger partial charge on any atom is 0.200 e. The van der Waals surface area contributed by atoms with Gasteiger partial charge in [-0.25, -0.2) is 0 Å². The summed E-state index contributed by atoms with van der Waals surface area (Å²) in [5, 5.41) is 39.9. The van der Waals surface area contributed by atoms with Gasteiger partial charge in [-0.05, 0) is 26.0 Å². The molecule has 0 amide bonds. The molecule has 0 spiro atoms. The first-order valence-corrected chi connectivity index (χ1v) is 5.14. The number of aliphatic hydroxyl groups is 1. The molecule has 0 aliphatic rings. The molecule has 0 heterocycles. The van der Waals surface area contributed by atoms with Gasteiger partial charge < -0.3 is 25.7 Å². The van der Waals surface area contributed by atoms with Gasteiger partial charge in [0.05, 0.1) is 6.10 Å². The molecule has 0 fully saturated rings. The van der Waals surface area contributed by atoms with Gasteiger partial charge in [-0.3, -0.25) is 0 Å². The summed E-state index contributed by atoms with van der Waals surface area (Å²) in [4.78, 5) is 0. The molecule has 0 saturated carbocycles. The van der Waals surface area contributed by atoms with E-state index in [0.29, 0.717) is 25.1 Å². The molecular formula is C11H17NO4. The van der Waals surface area contributed by atoms with Crippen LogP contribution in [0.3, 0.4) is 0 Å². The van der Waals surface area contributed by atoms with Gasteiger partial charge in [0.1, 0.15) is 0 Å². The second-order valence-corrected chi connectivity index (χ2v) is 3.76. The van der Waals surface area contributed by atoms with Crippen LogP contribution in [0, 0.1) is 0 Å². The molecular weight excluding hydrogens is 210 g/mol. The van der Waals surface area contributed by atoms with Crippen molar-refractivity contribution in [1.82, 2.24) is 5.32 Å². The molecule has 1 rings (SSSR count). The van der Waals surface area contributed by atoms with Gasteiger partial charge in [0.15, 0.2) is 11.5 Å². The zero-order valence-electron chi connectivity index (χ0n) is 9.14. The Morgan fingerprint density at radius 1 is 1.19 bits per heavy atom. The lowest BCUT2D eigenvalue weighted by molar-refractivity contribution is 0.183. The van der Waals surface area contributed by atoms with E-state index in [2.05, 4.69) is 5.32 Å². The molecule has 0 aliphatic heterocycles. The number of rotatable bonds is 5. The molecule has 0 bridgehead atoms. The molecule has 90 valence electrons. The molecule has 1 unspecified atom stereocenters. The molecule has 0 aromatic heterocycles. The topological polar surface area (TPSA) is 93.0 Å². The Balaban J connectivity index is 2.52. The fourth-order valence-corrected chi connectivity index (χ4v) is 1.29. The van der Waals surface area contributed by atoms with Crippen molar-refractivity contribution in [3.05, 3.63) is 17.7 Å². The maximum absolute atomic E-state index is 9.49. The van der Waals surface area contributed by atoms with Gasteiger partial charge in [-0.2, -0.15) is 0 Å². The van der Waals surface area contributed by atoms with Crippen molar-refractivity contribution >= 4 is 0 Å². The third-order valence-corrected chi connectivity index (χ3v) is 2.27. The lowest BCUT2D eigenvalue weighted by atomic mass is 10.1. The Morgan fingerprint density at radius 2 is 1.88 bits per heavy atom. The van der Waals surface area contributed by atoms with Crippen LogP contribution in [0.2, 0.25) is 0 Å². The van der Waals surface area contributed by atoms with Gasteiger partial charge in [0.2, 0.25) is 5.75 Å². The minimum atomic E-state index is -0.505. The van der Waals surface area contributed by atoms with Crippen LogP contribution in [-0.2, 0) is 6.54 Å². The number of aromatic hydroxyl groups is 3. The van der Waals surface area contributed by atoms with Gasteiger partial charge in [0, 0.05) is 12.1 Å². The Kier molecular flexibility index (Phi) is 4.39. The fraction of sp³-hybridized carbons (Fsp3) is 0.455. The molecule has 5 nitrogen and oxygen atoms in total. The second kappa shape index (κ2) is 5.58. The van der Waals surface area contributed by atoms with Gasteiger partial charge in [0.25, 0.3) is 0 Å². The van der Waals surface area contributed by atoms with Crippen LogP contribution in [0.5, 0.6) is 17.2 Å². The summed E-state index contributed by atoms with van der Waals surface area (Å²) < 4.78 is 0. The smallest absolute Gasteiger partial charge is 0.200 e. The normalized spacial score (nSPS) is 12.6. The molecule has 0 aliphatic carbocycles. The molecule has 5 N–H and O–H groups in total. The van der Waals surface area contributed by atoms with Crippen LogP contribution >= 0.6 is 0 Å². The third kappa shape index (κ3) is 3.29. The van der Waals surface area contributed by atoms with Gasteiger partial charge in [-0.15, -0.1) is 0 Å². The number of hydrogen-bond donors (Lipinski definition) is 5. The number of phenolic OH excluding ortho intramolecular Hbond substituents is 3. The summed E-state index contributed by atoms with van der Waals surface area (Å²) in [5.41, 5.74) is 0.501. The van der Waals surface area contributed by atoms with E-state index in [9.17, 15) is 10.2 Å². The molecule has 16 heavy (non-hydrogen) atoms. The Hall–Kier alpha value is -1.46. The quantitative estimate of drug-likeness (QED) is 0.376. The SMILES string of the molecule is CC(O)CCNCc1ccc(O)c(O)c1O. The van der Waals surface area contributed by atoms with Crippen molar-refractivity contribution in [3.63, 3.8) is 0 Å². The first-order chi connectivity index (χ1) is 7.52. The Morgan fingerprint density at radius 3 is 2.50 bits per heavy atom. The van der Waals surface area contributed by atoms with Crippen molar-refractivity contribution < 1.29 is 20.4 Å². The number of nitrogens with one attached hydrogen (secondary N) is 1. The molecule has 0 radical (unpaired) electrons. The largest absolute Gasteiger partial charge is 0.504 e. The van der Waals surface area contributed by atoms with Crippen LogP contribution in [0.25, 0.3) is 0 Å². The summed E-state index contributed by atoms with van der Waals surface area (Å²) in [6.45, 7) is 2.68. The van der Waals surface area contributed by atoms with E-state index < -0.39 is 5.75 Å². The summed E-state index contributed by atoms with van der Waals surface area (Å²) in [5.74, 6) is -1.16. The van der Waals surface area contributed by atoms with E-state index in [4.69, 9.17) is 10.2 Å². The van der Waals surface area contributed by atoms with Crippen LogP contribution in [0.4, 0.5) is 0 Å². The van der Waals surface area contributed by atoms with Crippen molar-refractivity contribution in [2.75, 3.05) is 6.54 Å². The number of hydrogen-bond acceptors (Lipinski definition) is 5. The minimum absolute atomic E-state index is 0.315. The average Bonchev–Trinajstić information content (AvgIpc) is 2.23. The van der Waals surface area contributed by atoms with Crippen LogP contribution in [-0.4, -0.2) is 33.1 Å². The summed E-state index contributed by atoms with van der Waals surface area (Å²) in [7, 11) is 0. The highest BCUT2D eigenvalue weighted by Gasteiger charge is 2.10. The van der Waals surface area contributed by atoms with Crippen molar-refractivity contribution in [1.29, 1.82) is 0 Å². The molecule has 1 aromatic rings. The first kappa shape index (κ1) is 12.6. The zero-order valence-corrected chi connectivity index (χ0v) is 9.14. The van der Waals surface area contributed by atoms with E-state index in [-0.39, 0.29) is 17.6 Å². The molecule has 0 saturated heterocycles. The maximum atomic E-state index is 9.49. The predicted octanol–water partition coefficient (Wildman–Crippen LogP) is 0.664. The first-order valence-electron chi connectivity index (χ1n) is 5.14. The molecule has 1 aromatic carbocycles. The lowest BCUT2D eigenvalue weighted by Crippen LogP contribution is -2.18. The Bertz CT molecular complexity index is 352. The fourth-order valence-electron chi connectivity index (χ4n) is 1.29. The second-order valence-electron chi connectivity index (χ2n) is 3.76. The van der Waals surface area contributed by atoms with Gasteiger partial charge in [-0.1, -0.05) is 6.07 Å². The highest BCUT2D eigenvalue weighted by molar-refractivity contribution is 5.52. The lowest BCUT2D eigenvalue weighted by Gasteiger charge is -2.09. The monoisotopic (exact) mass is 227 g/mol. The van der Waals surface area contributed by atoms with Crippen molar-refractivity contribution in [2.24, 2.45) is 0 Å². The number of phenols is 3. The number of aliphatic hydroxyl groups excluding tert-OH is 1. The summed E-state index contributed by atoms with van der Waals surface area (Å²) in [6, 6.07) is 2.85. The van der Waals surface area contributed by atoms with E-state index in [0.717, 1.165) is 0 Å². The van der Waals surface area contributed by atoms with Crippen molar-refractivity contribution in [3.8, 4) is 17.2 Å². The average molecular weight is 227 g/mol. The van der Waals surface area contributed by atoms with E-state index in [1.165, 1.54) is 12.1 Å². The predicted molar refractivity (Wildman–Crippen MR) is 59.4 cm³/mol. The zero-order chi connectivity index (χ0) is 12.1. The highest BCUT2D eigenvalue weighted by atomic mass is 16.3. The number of benzene rings is 1. The van der Waals surface area contributed by atoms with Crippen LogP contribution in [0.15, 0.2) is 12.1 Å². The van der Waals surface area contributed by atoms with Crippen LogP contribution < -0.4 is 5.32 Å². The van der Waals surface area contributed by atoms with Crippen molar-refractivity contribution in [2.45, 2.75) is 26.0 Å². The minimum Gasteiger partial charge on any atom is -0.504 e. The van der Waals surface area contributed by atoms with E-state index >= 15 is 0 Å². The van der Waals surface area contributed by atoms with Gasteiger partial charge >= 0.3 is 0 Å².